The molecule has 0 N–H and O–H groups in total. The number of nitro groups is 1. The quantitative estimate of drug-likeness (QED) is 0.329. The Balaban J connectivity index is 3.25. The number of ether oxygens (including phenoxy) is 3. The number of esters is 1. The lowest BCUT2D eigenvalue weighted by Gasteiger charge is -2.15. The van der Waals surface area contributed by atoms with Gasteiger partial charge in [0.1, 0.15) is 0 Å². The van der Waals surface area contributed by atoms with Gasteiger partial charge >= 0.3 is 5.97 Å². The van der Waals surface area contributed by atoms with Crippen LogP contribution in [0.4, 0.5) is 5.69 Å². The van der Waals surface area contributed by atoms with Gasteiger partial charge in [0.2, 0.25) is 0 Å². The van der Waals surface area contributed by atoms with Crippen LogP contribution in [0.2, 0.25) is 0 Å². The number of hydrogen-bond donors (Lipinski definition) is 0. The summed E-state index contributed by atoms with van der Waals surface area (Å²) in [6.07, 6.45) is -0.595. The van der Waals surface area contributed by atoms with Crippen molar-refractivity contribution in [3.63, 3.8) is 0 Å². The highest BCUT2D eigenvalue weighted by Crippen LogP contribution is 2.25. The predicted octanol–water partition coefficient (Wildman–Crippen LogP) is 1.93. The fraction of sp³-hybridized carbons (Fsp3) is 0.462. The Morgan fingerprint density at radius 2 is 2.00 bits per heavy atom. The minimum absolute atomic E-state index is 0.0816. The van der Waals surface area contributed by atoms with Crippen molar-refractivity contribution in [2.45, 2.75) is 19.6 Å². The molecule has 0 aliphatic carbocycles. The molecule has 0 bridgehead atoms. The normalized spacial score (nSPS) is 10.6. The van der Waals surface area contributed by atoms with Gasteiger partial charge < -0.3 is 14.2 Å². The summed E-state index contributed by atoms with van der Waals surface area (Å²) in [6.45, 7) is 1.86. The zero-order valence-electron chi connectivity index (χ0n) is 11.6. The predicted molar refractivity (Wildman–Crippen MR) is 70.6 cm³/mol. The zero-order chi connectivity index (χ0) is 15.1. The number of nitrogens with zero attached hydrogens (tertiary/aromatic N) is 1. The number of carbonyl (C=O) groups is 1. The molecule has 0 aliphatic heterocycles. The molecule has 1 aromatic carbocycles. The maximum absolute atomic E-state index is 11.9. The van der Waals surface area contributed by atoms with E-state index in [1.807, 2.05) is 0 Å². The van der Waals surface area contributed by atoms with Crippen molar-refractivity contribution in [2.24, 2.45) is 0 Å². The maximum atomic E-state index is 11.9. The maximum Gasteiger partial charge on any atom is 0.338 e. The van der Waals surface area contributed by atoms with Crippen molar-refractivity contribution >= 4 is 11.7 Å². The van der Waals surface area contributed by atoms with Crippen LogP contribution in [0.3, 0.4) is 0 Å². The van der Waals surface area contributed by atoms with Crippen molar-refractivity contribution in [2.75, 3.05) is 20.8 Å². The topological polar surface area (TPSA) is 87.9 Å². The van der Waals surface area contributed by atoms with Crippen LogP contribution in [-0.4, -0.2) is 38.0 Å². The second-order valence-corrected chi connectivity index (χ2v) is 3.89. The van der Waals surface area contributed by atoms with Gasteiger partial charge in [0, 0.05) is 32.3 Å². The van der Waals surface area contributed by atoms with E-state index in [1.54, 1.807) is 6.92 Å². The van der Waals surface area contributed by atoms with Crippen LogP contribution in [0.25, 0.3) is 0 Å². The van der Waals surface area contributed by atoms with Crippen molar-refractivity contribution in [3.8, 4) is 0 Å². The second kappa shape index (κ2) is 7.56. The molecule has 0 amide bonds. The average Bonchev–Trinajstić information content (AvgIpc) is 2.44. The first-order valence-corrected chi connectivity index (χ1v) is 6.04. The van der Waals surface area contributed by atoms with E-state index in [0.717, 1.165) is 0 Å². The minimum Gasteiger partial charge on any atom is -0.462 e. The van der Waals surface area contributed by atoms with Crippen LogP contribution in [0.1, 0.15) is 22.8 Å². The Morgan fingerprint density at radius 1 is 1.35 bits per heavy atom. The van der Waals surface area contributed by atoms with E-state index in [1.165, 1.54) is 32.4 Å². The largest absolute Gasteiger partial charge is 0.462 e. The standard InChI is InChI=1S/C13H17NO6/c1-4-20-13(15)9-6-5-7-11(14(16)17)10(9)8-12(18-2)19-3/h5-7,12H,4,8H2,1-3H3. The molecule has 0 spiro atoms. The molecular formula is C13H17NO6. The first-order chi connectivity index (χ1) is 9.54. The smallest absolute Gasteiger partial charge is 0.338 e. The molecular weight excluding hydrogens is 266 g/mol. The molecule has 0 radical (unpaired) electrons. The van der Waals surface area contributed by atoms with Crippen LogP contribution in [-0.2, 0) is 20.6 Å². The highest BCUT2D eigenvalue weighted by Gasteiger charge is 2.24. The molecule has 0 heterocycles. The van der Waals surface area contributed by atoms with E-state index in [4.69, 9.17) is 14.2 Å². The number of benzene rings is 1. The highest BCUT2D eigenvalue weighted by molar-refractivity contribution is 5.92. The first-order valence-electron chi connectivity index (χ1n) is 6.04. The van der Waals surface area contributed by atoms with Gasteiger partial charge in [-0.05, 0) is 13.0 Å². The van der Waals surface area contributed by atoms with Gasteiger partial charge in [-0.2, -0.15) is 0 Å². The van der Waals surface area contributed by atoms with Gasteiger partial charge in [-0.3, -0.25) is 10.1 Å². The molecule has 0 unspecified atom stereocenters. The number of carbonyl (C=O) groups excluding carboxylic acids is 1. The lowest BCUT2D eigenvalue weighted by Crippen LogP contribution is -2.20. The van der Waals surface area contributed by atoms with Crippen LogP contribution in [0.15, 0.2) is 18.2 Å². The fourth-order valence-electron chi connectivity index (χ4n) is 1.79. The van der Waals surface area contributed by atoms with Crippen LogP contribution in [0, 0.1) is 10.1 Å². The fourth-order valence-corrected chi connectivity index (χ4v) is 1.79. The Bertz CT molecular complexity index is 484. The summed E-state index contributed by atoms with van der Waals surface area (Å²) in [7, 11) is 2.85. The zero-order valence-corrected chi connectivity index (χ0v) is 11.6. The molecule has 0 fully saturated rings. The Labute approximate surface area is 116 Å². The molecule has 1 rings (SSSR count). The number of nitro benzene ring substituents is 1. The summed E-state index contributed by atoms with van der Waals surface area (Å²) in [4.78, 5) is 22.4. The molecule has 7 nitrogen and oxygen atoms in total. The van der Waals surface area contributed by atoms with Crippen molar-refractivity contribution < 1.29 is 23.9 Å². The molecule has 7 heteroatoms. The van der Waals surface area contributed by atoms with Crippen molar-refractivity contribution in [1.82, 2.24) is 0 Å². The molecule has 1 aromatic rings. The summed E-state index contributed by atoms with van der Waals surface area (Å²) in [6, 6.07) is 4.27. The van der Waals surface area contributed by atoms with E-state index >= 15 is 0 Å². The third-order valence-corrected chi connectivity index (χ3v) is 2.74. The molecule has 0 aromatic heterocycles. The van der Waals surface area contributed by atoms with Gasteiger partial charge in [0.25, 0.3) is 5.69 Å². The molecule has 0 atom stereocenters. The van der Waals surface area contributed by atoms with E-state index in [-0.39, 0.29) is 29.8 Å². The lowest BCUT2D eigenvalue weighted by atomic mass is 10.0. The summed E-state index contributed by atoms with van der Waals surface area (Å²) >= 11 is 0. The third kappa shape index (κ3) is 3.75. The van der Waals surface area contributed by atoms with E-state index in [0.29, 0.717) is 0 Å². The number of methoxy groups -OCH3 is 2. The van der Waals surface area contributed by atoms with Crippen LogP contribution < -0.4 is 0 Å². The summed E-state index contributed by atoms with van der Waals surface area (Å²) in [5, 5.41) is 11.1. The molecule has 110 valence electrons. The summed E-state index contributed by atoms with van der Waals surface area (Å²) in [5.41, 5.74) is 0.236. The number of hydrogen-bond acceptors (Lipinski definition) is 6. The molecule has 0 aliphatic rings. The Hall–Kier alpha value is -1.99. The van der Waals surface area contributed by atoms with Gasteiger partial charge in [0.15, 0.2) is 6.29 Å². The average molecular weight is 283 g/mol. The molecule has 0 saturated carbocycles. The lowest BCUT2D eigenvalue weighted by molar-refractivity contribution is -0.385. The van der Waals surface area contributed by atoms with Gasteiger partial charge in [-0.25, -0.2) is 4.79 Å². The van der Waals surface area contributed by atoms with Crippen LogP contribution in [0.5, 0.6) is 0 Å². The van der Waals surface area contributed by atoms with Crippen molar-refractivity contribution in [1.29, 1.82) is 0 Å². The SMILES string of the molecule is CCOC(=O)c1cccc([N+](=O)[O-])c1CC(OC)OC. The monoisotopic (exact) mass is 283 g/mol. The third-order valence-electron chi connectivity index (χ3n) is 2.74. The van der Waals surface area contributed by atoms with Crippen LogP contribution >= 0.6 is 0 Å². The van der Waals surface area contributed by atoms with E-state index < -0.39 is 17.2 Å². The van der Waals surface area contributed by atoms with Gasteiger partial charge in [-0.15, -0.1) is 0 Å². The molecule has 20 heavy (non-hydrogen) atoms. The second-order valence-electron chi connectivity index (χ2n) is 3.89. The van der Waals surface area contributed by atoms with Gasteiger partial charge in [-0.1, -0.05) is 6.07 Å². The van der Waals surface area contributed by atoms with E-state index in [2.05, 4.69) is 0 Å². The summed E-state index contributed by atoms with van der Waals surface area (Å²) in [5.74, 6) is -0.600. The Kier molecular flexibility index (Phi) is 6.08. The first kappa shape index (κ1) is 16.1. The van der Waals surface area contributed by atoms with E-state index in [9.17, 15) is 14.9 Å². The molecule has 0 saturated heterocycles. The van der Waals surface area contributed by atoms with Gasteiger partial charge in [0.05, 0.1) is 17.1 Å². The summed E-state index contributed by atoms with van der Waals surface area (Å²) < 4.78 is 15.0. The Morgan fingerprint density at radius 3 is 2.50 bits per heavy atom. The minimum atomic E-state index is -0.677. The van der Waals surface area contributed by atoms with Crippen molar-refractivity contribution in [3.05, 3.63) is 39.4 Å². The number of rotatable bonds is 7. The highest BCUT2D eigenvalue weighted by atomic mass is 16.7.